The first kappa shape index (κ1) is 13.4. The molecule has 0 amide bonds. The van der Waals surface area contributed by atoms with Crippen molar-refractivity contribution in [2.75, 3.05) is 13.2 Å². The fraction of sp³-hybridized carbons (Fsp3) is 0.643. The number of thiophene rings is 1. The van der Waals surface area contributed by atoms with E-state index in [1.54, 1.807) is 0 Å². The Morgan fingerprint density at radius 2 is 2.37 bits per heavy atom. The number of hydrogen-bond acceptors (Lipinski definition) is 4. The van der Waals surface area contributed by atoms with Gasteiger partial charge in [0.1, 0.15) is 4.67 Å². The summed E-state index contributed by atoms with van der Waals surface area (Å²) >= 11 is 7.59. The highest BCUT2D eigenvalue weighted by Gasteiger charge is 2.38. The standard InChI is InChI=1S/C14H19ClN2OS/c1-3-6-17-8-10-7-11(15)19-12(10)16-13(17)18-9-14(2)4-5-14/h7-8,13H,3-6,9H2,1-2H3. The SMILES string of the molecule is CCCN1C=c2cc(Cl)sc2=NC1OCC1(C)CC1. The van der Waals surface area contributed by atoms with Crippen molar-refractivity contribution in [3.05, 3.63) is 20.3 Å². The molecule has 104 valence electrons. The van der Waals surface area contributed by atoms with E-state index in [1.165, 1.54) is 24.2 Å². The van der Waals surface area contributed by atoms with Gasteiger partial charge >= 0.3 is 0 Å². The summed E-state index contributed by atoms with van der Waals surface area (Å²) < 4.78 is 7.81. The largest absolute Gasteiger partial charge is 0.338 e. The van der Waals surface area contributed by atoms with Gasteiger partial charge < -0.3 is 9.64 Å². The highest BCUT2D eigenvalue weighted by molar-refractivity contribution is 7.13. The van der Waals surface area contributed by atoms with Crippen molar-refractivity contribution >= 4 is 29.1 Å². The maximum absolute atomic E-state index is 6.06. The number of halogens is 1. The third kappa shape index (κ3) is 2.96. The molecule has 3 rings (SSSR count). The lowest BCUT2D eigenvalue weighted by Gasteiger charge is -2.29. The zero-order valence-corrected chi connectivity index (χ0v) is 12.9. The van der Waals surface area contributed by atoms with Crippen LogP contribution in [0, 0.1) is 5.41 Å². The van der Waals surface area contributed by atoms with Gasteiger partial charge in [-0.3, -0.25) is 0 Å². The van der Waals surface area contributed by atoms with Crippen molar-refractivity contribution in [3.8, 4) is 0 Å². The van der Waals surface area contributed by atoms with E-state index in [9.17, 15) is 0 Å². The van der Waals surface area contributed by atoms with Gasteiger partial charge in [0.2, 0.25) is 6.35 Å². The Bertz CT molecular complexity index is 579. The van der Waals surface area contributed by atoms with Crippen molar-refractivity contribution in [1.29, 1.82) is 0 Å². The van der Waals surface area contributed by atoms with E-state index in [-0.39, 0.29) is 6.35 Å². The van der Waals surface area contributed by atoms with E-state index in [2.05, 4.69) is 24.9 Å². The van der Waals surface area contributed by atoms with Crippen molar-refractivity contribution in [2.45, 2.75) is 39.5 Å². The lowest BCUT2D eigenvalue weighted by molar-refractivity contribution is -0.0437. The molecule has 1 unspecified atom stereocenters. The van der Waals surface area contributed by atoms with Gasteiger partial charge in [0, 0.05) is 18.0 Å². The van der Waals surface area contributed by atoms with Crippen LogP contribution in [0.1, 0.15) is 33.1 Å². The summed E-state index contributed by atoms with van der Waals surface area (Å²) in [5, 5.41) is 1.11. The second kappa shape index (κ2) is 5.08. The molecule has 2 heterocycles. The molecule has 0 saturated heterocycles. The molecule has 5 heteroatoms. The summed E-state index contributed by atoms with van der Waals surface area (Å²) in [5.74, 6) is 0. The van der Waals surface area contributed by atoms with Gasteiger partial charge in [-0.25, -0.2) is 4.99 Å². The fourth-order valence-electron chi connectivity index (χ4n) is 2.17. The number of ether oxygens (including phenoxy) is 1. The van der Waals surface area contributed by atoms with E-state index < -0.39 is 0 Å². The Kier molecular flexibility index (Phi) is 3.58. The summed E-state index contributed by atoms with van der Waals surface area (Å²) in [4.78, 5) is 6.88. The zero-order valence-electron chi connectivity index (χ0n) is 11.4. The minimum absolute atomic E-state index is 0.181. The molecule has 1 aromatic heterocycles. The second-order valence-corrected chi connectivity index (χ2v) is 7.42. The van der Waals surface area contributed by atoms with Crippen LogP contribution in [0.5, 0.6) is 0 Å². The van der Waals surface area contributed by atoms with Crippen LogP contribution in [0.4, 0.5) is 0 Å². The minimum atomic E-state index is -0.181. The normalized spacial score (nSPS) is 23.5. The van der Waals surface area contributed by atoms with E-state index in [4.69, 9.17) is 21.3 Å². The molecule has 2 aliphatic rings. The summed E-state index contributed by atoms with van der Waals surface area (Å²) in [6.07, 6.45) is 5.57. The average Bonchev–Trinajstić information content (AvgIpc) is 2.98. The van der Waals surface area contributed by atoms with Gasteiger partial charge in [-0.1, -0.05) is 25.4 Å². The Labute approximate surface area is 122 Å². The van der Waals surface area contributed by atoms with Crippen LogP contribution >= 0.6 is 22.9 Å². The summed E-state index contributed by atoms with van der Waals surface area (Å²) in [7, 11) is 0. The molecule has 1 atom stereocenters. The van der Waals surface area contributed by atoms with E-state index >= 15 is 0 Å². The Balaban J connectivity index is 1.81. The lowest BCUT2D eigenvalue weighted by atomic mass is 10.2. The Morgan fingerprint density at radius 3 is 3.05 bits per heavy atom. The fourth-order valence-corrected chi connectivity index (χ4v) is 3.25. The zero-order chi connectivity index (χ0) is 13.5. The quantitative estimate of drug-likeness (QED) is 0.835. The van der Waals surface area contributed by atoms with Gasteiger partial charge in [0.05, 0.1) is 10.9 Å². The van der Waals surface area contributed by atoms with Crippen LogP contribution in [-0.2, 0) is 4.74 Å². The lowest BCUT2D eigenvalue weighted by Crippen LogP contribution is -2.42. The molecular formula is C14H19ClN2OS. The van der Waals surface area contributed by atoms with Crippen LogP contribution in [0.25, 0.3) is 6.20 Å². The first-order valence-electron chi connectivity index (χ1n) is 6.82. The maximum atomic E-state index is 6.06. The van der Waals surface area contributed by atoms with E-state index in [0.717, 1.165) is 33.8 Å². The average molecular weight is 299 g/mol. The predicted molar refractivity (Wildman–Crippen MR) is 78.7 cm³/mol. The van der Waals surface area contributed by atoms with Gasteiger partial charge in [-0.05, 0) is 30.7 Å². The number of nitrogens with zero attached hydrogens (tertiary/aromatic N) is 2. The Morgan fingerprint density at radius 1 is 1.58 bits per heavy atom. The maximum Gasteiger partial charge on any atom is 0.229 e. The molecule has 0 aromatic carbocycles. The van der Waals surface area contributed by atoms with Gasteiger partial charge in [-0.2, -0.15) is 0 Å². The van der Waals surface area contributed by atoms with Gasteiger partial charge in [0.25, 0.3) is 0 Å². The molecule has 19 heavy (non-hydrogen) atoms. The third-order valence-electron chi connectivity index (χ3n) is 3.69. The minimum Gasteiger partial charge on any atom is -0.338 e. The third-order valence-corrected chi connectivity index (χ3v) is 4.88. The number of fused-ring (bicyclic) bond motifs is 1. The van der Waals surface area contributed by atoms with Crippen LogP contribution < -0.4 is 9.89 Å². The van der Waals surface area contributed by atoms with Crippen LogP contribution in [0.3, 0.4) is 0 Å². The topological polar surface area (TPSA) is 24.8 Å². The summed E-state index contributed by atoms with van der Waals surface area (Å²) in [6.45, 7) is 6.20. The first-order valence-corrected chi connectivity index (χ1v) is 8.01. The molecule has 1 aliphatic carbocycles. The number of rotatable bonds is 5. The monoisotopic (exact) mass is 298 g/mol. The summed E-state index contributed by atoms with van der Waals surface area (Å²) in [6, 6.07) is 1.98. The molecule has 0 spiro atoms. The van der Waals surface area contributed by atoms with Crippen molar-refractivity contribution < 1.29 is 4.74 Å². The molecular weight excluding hydrogens is 280 g/mol. The summed E-state index contributed by atoms with van der Waals surface area (Å²) in [5.41, 5.74) is 0.390. The smallest absolute Gasteiger partial charge is 0.229 e. The molecule has 1 saturated carbocycles. The van der Waals surface area contributed by atoms with Crippen molar-refractivity contribution in [1.82, 2.24) is 4.90 Å². The van der Waals surface area contributed by atoms with Crippen molar-refractivity contribution in [2.24, 2.45) is 10.4 Å². The van der Waals surface area contributed by atoms with E-state index in [1.807, 2.05) is 6.07 Å². The molecule has 1 aromatic rings. The van der Waals surface area contributed by atoms with Gasteiger partial charge in [-0.15, -0.1) is 11.3 Å². The van der Waals surface area contributed by atoms with Crippen LogP contribution in [-0.4, -0.2) is 24.4 Å². The highest BCUT2D eigenvalue weighted by Crippen LogP contribution is 2.45. The molecule has 0 radical (unpaired) electrons. The van der Waals surface area contributed by atoms with E-state index in [0.29, 0.717) is 5.41 Å². The Hall–Kier alpha value is -0.580. The number of hydrogen-bond donors (Lipinski definition) is 0. The van der Waals surface area contributed by atoms with Gasteiger partial charge in [0.15, 0.2) is 0 Å². The molecule has 3 nitrogen and oxygen atoms in total. The molecule has 0 N–H and O–H groups in total. The second-order valence-electron chi connectivity index (χ2n) is 5.75. The molecule has 1 aliphatic heterocycles. The van der Waals surface area contributed by atoms with Crippen LogP contribution in [0.2, 0.25) is 4.34 Å². The first-order chi connectivity index (χ1) is 9.09. The highest BCUT2D eigenvalue weighted by atomic mass is 35.5. The van der Waals surface area contributed by atoms with Crippen molar-refractivity contribution in [3.63, 3.8) is 0 Å². The predicted octanol–water partition coefficient (Wildman–Crippen LogP) is 2.59. The molecule has 0 bridgehead atoms. The molecule has 1 fully saturated rings. The van der Waals surface area contributed by atoms with Crippen LogP contribution in [0.15, 0.2) is 11.1 Å².